The molecule has 1 heterocycles. The summed E-state index contributed by atoms with van der Waals surface area (Å²) in [5, 5.41) is 0. The summed E-state index contributed by atoms with van der Waals surface area (Å²) in [5.74, 6) is 1.15. The van der Waals surface area contributed by atoms with Gasteiger partial charge in [0.15, 0.2) is 0 Å². The number of hydrogen-bond acceptors (Lipinski definition) is 2. The number of para-hydroxylation sites is 1. The normalized spacial score (nSPS) is 21.1. The number of fused-ring (bicyclic) bond motifs is 1. The van der Waals surface area contributed by atoms with E-state index < -0.39 is 0 Å². The van der Waals surface area contributed by atoms with Crippen molar-refractivity contribution in [3.8, 4) is 5.75 Å². The largest absolute Gasteiger partial charge is 0.493 e. The molecule has 86 valence electrons. The highest BCUT2D eigenvalue weighted by molar-refractivity contribution is 5.43. The van der Waals surface area contributed by atoms with Crippen molar-refractivity contribution in [3.63, 3.8) is 0 Å². The first-order chi connectivity index (χ1) is 7.77. The Hall–Kier alpha value is -1.02. The molecule has 16 heavy (non-hydrogen) atoms. The topological polar surface area (TPSA) is 35.2 Å². The fraction of sp³-hybridized carbons (Fsp3) is 0.571. The van der Waals surface area contributed by atoms with Crippen LogP contribution in [0, 0.1) is 0 Å². The number of hydrogen-bond donors (Lipinski definition) is 1. The van der Waals surface area contributed by atoms with Crippen LogP contribution in [0.2, 0.25) is 0 Å². The molecule has 0 amide bonds. The first kappa shape index (κ1) is 10.2. The van der Waals surface area contributed by atoms with Gasteiger partial charge in [0.05, 0.1) is 6.61 Å². The van der Waals surface area contributed by atoms with Crippen LogP contribution in [0.5, 0.6) is 5.75 Å². The van der Waals surface area contributed by atoms with Crippen molar-refractivity contribution in [1.29, 1.82) is 0 Å². The van der Waals surface area contributed by atoms with Crippen LogP contribution in [0.25, 0.3) is 0 Å². The smallest absolute Gasteiger partial charge is 0.125 e. The van der Waals surface area contributed by atoms with Crippen LogP contribution in [0.15, 0.2) is 18.2 Å². The molecule has 0 unspecified atom stereocenters. The molecule has 1 aromatic rings. The van der Waals surface area contributed by atoms with E-state index in [1.807, 2.05) is 0 Å². The molecule has 0 saturated heterocycles. The van der Waals surface area contributed by atoms with E-state index in [9.17, 15) is 0 Å². The number of nitrogens with two attached hydrogens (primary N) is 1. The molecule has 0 spiro atoms. The molecule has 2 heteroatoms. The molecule has 1 aromatic carbocycles. The number of ether oxygens (including phenoxy) is 1. The fourth-order valence-corrected chi connectivity index (χ4v) is 2.45. The van der Waals surface area contributed by atoms with Gasteiger partial charge in [-0.3, -0.25) is 0 Å². The Morgan fingerprint density at radius 2 is 2.19 bits per heavy atom. The van der Waals surface area contributed by atoms with Crippen molar-refractivity contribution in [1.82, 2.24) is 0 Å². The van der Waals surface area contributed by atoms with Crippen LogP contribution in [-0.2, 0) is 12.8 Å². The molecule has 2 aliphatic rings. The summed E-state index contributed by atoms with van der Waals surface area (Å²) in [5.41, 5.74) is 9.02. The molecular formula is C14H19NO. The molecule has 3 rings (SSSR count). The zero-order valence-corrected chi connectivity index (χ0v) is 9.67. The Morgan fingerprint density at radius 1 is 1.31 bits per heavy atom. The Bertz CT molecular complexity index is 396. The van der Waals surface area contributed by atoms with Crippen molar-refractivity contribution < 1.29 is 4.74 Å². The third-order valence-electron chi connectivity index (χ3n) is 3.80. The SMILES string of the molecule is NC1(CCc2cccc3c2OCCC3)CC1. The standard InChI is InChI=1S/C14H19NO/c15-14(8-9-14)7-6-12-4-1-3-11-5-2-10-16-13(11)12/h1,3-4H,2,5-10,15H2. The highest BCUT2D eigenvalue weighted by atomic mass is 16.5. The Kier molecular flexibility index (Phi) is 2.40. The summed E-state index contributed by atoms with van der Waals surface area (Å²) in [7, 11) is 0. The van der Waals surface area contributed by atoms with Gasteiger partial charge in [0.1, 0.15) is 5.75 Å². The summed E-state index contributed by atoms with van der Waals surface area (Å²) in [6.45, 7) is 0.873. The van der Waals surface area contributed by atoms with Crippen LogP contribution >= 0.6 is 0 Å². The average Bonchev–Trinajstić information content (AvgIpc) is 3.05. The van der Waals surface area contributed by atoms with Crippen LogP contribution in [-0.4, -0.2) is 12.1 Å². The first-order valence-electron chi connectivity index (χ1n) is 6.29. The second-order valence-electron chi connectivity index (χ2n) is 5.22. The quantitative estimate of drug-likeness (QED) is 0.844. The van der Waals surface area contributed by atoms with Crippen molar-refractivity contribution in [2.24, 2.45) is 5.73 Å². The molecule has 0 atom stereocenters. The van der Waals surface area contributed by atoms with Crippen molar-refractivity contribution in [3.05, 3.63) is 29.3 Å². The zero-order valence-electron chi connectivity index (χ0n) is 9.67. The van der Waals surface area contributed by atoms with Gasteiger partial charge < -0.3 is 10.5 Å². The van der Waals surface area contributed by atoms with E-state index >= 15 is 0 Å². The predicted octanol–water partition coefficient (Wildman–Crippen LogP) is 2.44. The third-order valence-corrected chi connectivity index (χ3v) is 3.80. The van der Waals surface area contributed by atoms with Gasteiger partial charge >= 0.3 is 0 Å². The number of rotatable bonds is 3. The summed E-state index contributed by atoms with van der Waals surface area (Å²) < 4.78 is 5.80. The van der Waals surface area contributed by atoms with Gasteiger partial charge in [-0.2, -0.15) is 0 Å². The molecule has 1 fully saturated rings. The van der Waals surface area contributed by atoms with Gasteiger partial charge in [-0.25, -0.2) is 0 Å². The van der Waals surface area contributed by atoms with E-state index in [0.29, 0.717) is 0 Å². The first-order valence-corrected chi connectivity index (χ1v) is 6.29. The van der Waals surface area contributed by atoms with Crippen LogP contribution in [0.3, 0.4) is 0 Å². The molecular weight excluding hydrogens is 198 g/mol. The lowest BCUT2D eigenvalue weighted by Crippen LogP contribution is -2.22. The second kappa shape index (κ2) is 3.77. The minimum atomic E-state index is 0.150. The van der Waals surface area contributed by atoms with Crippen molar-refractivity contribution >= 4 is 0 Å². The van der Waals surface area contributed by atoms with E-state index in [0.717, 1.165) is 38.0 Å². The Balaban J connectivity index is 1.78. The van der Waals surface area contributed by atoms with E-state index in [1.165, 1.54) is 24.0 Å². The lowest BCUT2D eigenvalue weighted by molar-refractivity contribution is 0.284. The van der Waals surface area contributed by atoms with E-state index in [1.54, 1.807) is 0 Å². The highest BCUT2D eigenvalue weighted by Crippen LogP contribution is 2.38. The average molecular weight is 217 g/mol. The van der Waals surface area contributed by atoms with Gasteiger partial charge in [0.2, 0.25) is 0 Å². The van der Waals surface area contributed by atoms with E-state index in [-0.39, 0.29) is 5.54 Å². The van der Waals surface area contributed by atoms with Crippen LogP contribution in [0.1, 0.15) is 36.8 Å². The van der Waals surface area contributed by atoms with Gasteiger partial charge in [-0.1, -0.05) is 18.2 Å². The van der Waals surface area contributed by atoms with Crippen LogP contribution < -0.4 is 10.5 Å². The zero-order chi connectivity index (χ0) is 11.0. The van der Waals surface area contributed by atoms with E-state index in [4.69, 9.17) is 10.5 Å². The molecule has 1 saturated carbocycles. The lowest BCUT2D eigenvalue weighted by atomic mass is 9.98. The highest BCUT2D eigenvalue weighted by Gasteiger charge is 2.37. The molecule has 1 aliphatic heterocycles. The maximum atomic E-state index is 6.13. The third kappa shape index (κ3) is 1.94. The minimum absolute atomic E-state index is 0.150. The van der Waals surface area contributed by atoms with Crippen molar-refractivity contribution in [2.45, 2.75) is 44.1 Å². The summed E-state index contributed by atoms with van der Waals surface area (Å²) >= 11 is 0. The lowest BCUT2D eigenvalue weighted by Gasteiger charge is -2.21. The summed E-state index contributed by atoms with van der Waals surface area (Å²) in [4.78, 5) is 0. The molecule has 0 aromatic heterocycles. The van der Waals surface area contributed by atoms with Gasteiger partial charge in [0.25, 0.3) is 0 Å². The maximum Gasteiger partial charge on any atom is 0.125 e. The van der Waals surface area contributed by atoms with Gasteiger partial charge in [-0.05, 0) is 49.7 Å². The van der Waals surface area contributed by atoms with Crippen LogP contribution in [0.4, 0.5) is 0 Å². The van der Waals surface area contributed by atoms with Gasteiger partial charge in [-0.15, -0.1) is 0 Å². The maximum absolute atomic E-state index is 6.13. The Labute approximate surface area is 96.8 Å². The molecule has 0 bridgehead atoms. The molecule has 1 aliphatic carbocycles. The second-order valence-corrected chi connectivity index (χ2v) is 5.22. The van der Waals surface area contributed by atoms with Crippen molar-refractivity contribution in [2.75, 3.05) is 6.61 Å². The van der Waals surface area contributed by atoms with E-state index in [2.05, 4.69) is 18.2 Å². The summed E-state index contributed by atoms with van der Waals surface area (Å²) in [6.07, 6.45) is 6.88. The fourth-order valence-electron chi connectivity index (χ4n) is 2.45. The molecule has 2 N–H and O–H groups in total. The minimum Gasteiger partial charge on any atom is -0.493 e. The monoisotopic (exact) mass is 217 g/mol. The van der Waals surface area contributed by atoms with Gasteiger partial charge in [0, 0.05) is 5.54 Å². The number of benzene rings is 1. The predicted molar refractivity (Wildman–Crippen MR) is 64.7 cm³/mol. The Morgan fingerprint density at radius 3 is 3.00 bits per heavy atom. The molecule has 2 nitrogen and oxygen atoms in total. The number of aryl methyl sites for hydroxylation is 2. The summed E-state index contributed by atoms with van der Waals surface area (Å²) in [6, 6.07) is 6.53. The molecule has 0 radical (unpaired) electrons.